The van der Waals surface area contributed by atoms with E-state index in [4.69, 9.17) is 0 Å². The predicted molar refractivity (Wildman–Crippen MR) is 223 cm³/mol. The van der Waals surface area contributed by atoms with Crippen molar-refractivity contribution in [1.82, 2.24) is 0 Å². The van der Waals surface area contributed by atoms with Gasteiger partial charge < -0.3 is 24.8 Å². The minimum Gasteiger partial charge on any atom is -1.00 e. The Labute approximate surface area is 346 Å². The van der Waals surface area contributed by atoms with Crippen molar-refractivity contribution in [3.05, 3.63) is 115 Å². The van der Waals surface area contributed by atoms with E-state index in [1.807, 2.05) is 3.28 Å². The number of rotatable bonds is 6. The van der Waals surface area contributed by atoms with Gasteiger partial charge in [0.1, 0.15) is 0 Å². The molecule has 0 aliphatic heterocycles. The Balaban J connectivity index is 0.00000378. The van der Waals surface area contributed by atoms with Gasteiger partial charge in [-0.3, -0.25) is 0 Å². The van der Waals surface area contributed by atoms with Gasteiger partial charge in [0.15, 0.2) is 0 Å². The van der Waals surface area contributed by atoms with Gasteiger partial charge in [-0.2, -0.15) is 0 Å². The summed E-state index contributed by atoms with van der Waals surface area (Å²) in [5.74, 6) is 0.534. The maximum atomic E-state index is 2.74. The molecule has 0 nitrogen and oxygen atoms in total. The summed E-state index contributed by atoms with van der Waals surface area (Å²) >= 11 is -2.77. The Kier molecular flexibility index (Phi) is 14.0. The van der Waals surface area contributed by atoms with Crippen molar-refractivity contribution in [2.24, 2.45) is 11.3 Å². The van der Waals surface area contributed by atoms with E-state index in [0.717, 1.165) is 0 Å². The van der Waals surface area contributed by atoms with Gasteiger partial charge in [0.2, 0.25) is 0 Å². The summed E-state index contributed by atoms with van der Waals surface area (Å²) in [6.45, 7) is 41.2. The summed E-state index contributed by atoms with van der Waals surface area (Å²) < 4.78 is 3.92. The maximum absolute atomic E-state index is 2.77. The van der Waals surface area contributed by atoms with Crippen LogP contribution >= 0.6 is 0 Å². The third kappa shape index (κ3) is 9.37. The molecule has 3 heteroatoms. The summed E-state index contributed by atoms with van der Waals surface area (Å²) in [7, 11) is 0. The Morgan fingerprint density at radius 2 is 1.00 bits per heavy atom. The van der Waals surface area contributed by atoms with E-state index in [0.29, 0.717) is 9.54 Å². The first-order valence-electron chi connectivity index (χ1n) is 19.9. The van der Waals surface area contributed by atoms with Gasteiger partial charge in [0.25, 0.3) is 0 Å². The maximum Gasteiger partial charge on any atom is -1.00 e. The van der Waals surface area contributed by atoms with Crippen molar-refractivity contribution in [2.75, 3.05) is 0 Å². The fourth-order valence-corrected chi connectivity index (χ4v) is 17.7. The van der Waals surface area contributed by atoms with E-state index >= 15 is 0 Å². The minimum absolute atomic E-state index is 0. The van der Waals surface area contributed by atoms with Crippen LogP contribution in [0, 0.1) is 11.3 Å². The third-order valence-electron chi connectivity index (χ3n) is 11.6. The molecule has 0 radical (unpaired) electrons. The molecule has 0 amide bonds. The van der Waals surface area contributed by atoms with E-state index in [9.17, 15) is 0 Å². The molecule has 0 saturated carbocycles. The number of halogens is 2. The number of benzene rings is 3. The first-order valence-corrected chi connectivity index (χ1v) is 23.8. The zero-order chi connectivity index (χ0) is 38.1. The standard InChI is InChI=1S/C29H41.C13H21.C8H8.2ClH.Zr/c1-26(2,3)22-14-18-13-19-15-23(27(4,5)6)25(29(10,11)12)17-21(19)20(18)16-24(22)28(7,8)9;1-5-6-7-11-8-9-12(10-11)13(2,3)4;1-2-8-6-4-3-5-7-8;;;/h13-17H,1-12H3;9-11H,5-7H2,1-4H3;3-7H,1H3;2*1H;/q;;;;;+2/p-2. The molecular weight excluding hydrogens is 763 g/mol. The Bertz CT molecular complexity index is 1800. The molecule has 3 aromatic rings. The summed E-state index contributed by atoms with van der Waals surface area (Å²) in [6.07, 6.45) is 9.22. The van der Waals surface area contributed by atoms with Gasteiger partial charge in [-0.15, -0.1) is 0 Å². The van der Waals surface area contributed by atoms with Gasteiger partial charge in [-0.05, 0) is 0 Å². The molecule has 3 aromatic carbocycles. The molecule has 2 aliphatic carbocycles. The molecule has 0 heterocycles. The Hall–Kier alpha value is -1.53. The van der Waals surface area contributed by atoms with Gasteiger partial charge >= 0.3 is 324 Å². The van der Waals surface area contributed by atoms with Crippen molar-refractivity contribution in [1.29, 1.82) is 0 Å². The quantitative estimate of drug-likeness (QED) is 0.234. The van der Waals surface area contributed by atoms with Gasteiger partial charge in [-0.25, -0.2) is 0 Å². The first-order chi connectivity index (χ1) is 23.4. The Morgan fingerprint density at radius 3 is 1.38 bits per heavy atom. The molecular formula is C50H70Cl2Zr. The number of unbranched alkanes of at least 4 members (excludes halogenated alkanes) is 1. The van der Waals surface area contributed by atoms with Crippen LogP contribution in [0.5, 0.6) is 0 Å². The molecule has 2 aliphatic rings. The van der Waals surface area contributed by atoms with Gasteiger partial charge in [0, 0.05) is 0 Å². The summed E-state index contributed by atoms with van der Waals surface area (Å²) in [5, 5.41) is 0. The van der Waals surface area contributed by atoms with Crippen molar-refractivity contribution >= 4 is 3.21 Å². The second-order valence-corrected chi connectivity index (χ2v) is 27.7. The fourth-order valence-electron chi connectivity index (χ4n) is 8.62. The number of hydrogen-bond acceptors (Lipinski definition) is 0. The molecule has 53 heavy (non-hydrogen) atoms. The molecule has 0 spiro atoms. The SMILES string of the molecule is CCCCC1C=C(C(C)(C)C)C=[C]1/[Zr+2](=[C](\C)c1ccccc1)[CH]1c2cc(C(C)(C)C)c(C(C)(C)C)cc2-c2cc(C(C)(C)C)c(C(C)(C)C)cc21.[Cl-].[Cl-]. The number of hydrogen-bond donors (Lipinski definition) is 0. The van der Waals surface area contributed by atoms with E-state index in [2.05, 4.69) is 184 Å². The minimum atomic E-state index is -2.77. The number of allylic oxidation sites excluding steroid dienone is 4. The van der Waals surface area contributed by atoms with E-state index in [1.54, 1.807) is 19.9 Å². The van der Waals surface area contributed by atoms with Gasteiger partial charge in [-0.1, -0.05) is 0 Å². The van der Waals surface area contributed by atoms with Crippen molar-refractivity contribution in [2.45, 2.75) is 162 Å². The van der Waals surface area contributed by atoms with Crippen LogP contribution in [0.15, 0.2) is 75.6 Å². The molecule has 0 bridgehead atoms. The largest absolute Gasteiger partial charge is 1.00 e. The summed E-state index contributed by atoms with van der Waals surface area (Å²) in [4.78, 5) is 0. The molecule has 0 N–H and O–H groups in total. The van der Waals surface area contributed by atoms with E-state index in [-0.39, 0.29) is 51.9 Å². The predicted octanol–water partition coefficient (Wildman–Crippen LogP) is 8.49. The molecule has 5 rings (SSSR count). The van der Waals surface area contributed by atoms with Crippen LogP contribution in [0.4, 0.5) is 0 Å². The molecule has 288 valence electrons. The molecule has 1 unspecified atom stereocenters. The normalized spacial score (nSPS) is 16.6. The molecule has 0 aromatic heterocycles. The smallest absolute Gasteiger partial charge is 1.00 e. The molecule has 0 saturated heterocycles. The fraction of sp³-hybridized carbons (Fsp3) is 0.540. The van der Waals surface area contributed by atoms with Crippen molar-refractivity contribution in [3.63, 3.8) is 0 Å². The zero-order valence-electron chi connectivity index (χ0n) is 36.4. The topological polar surface area (TPSA) is 0 Å². The summed E-state index contributed by atoms with van der Waals surface area (Å²) in [5.41, 5.74) is 15.6. The van der Waals surface area contributed by atoms with Crippen LogP contribution in [0.25, 0.3) is 11.1 Å². The average Bonchev–Trinajstić information content (AvgIpc) is 3.57. The van der Waals surface area contributed by atoms with Crippen LogP contribution < -0.4 is 24.8 Å². The van der Waals surface area contributed by atoms with Crippen LogP contribution in [-0.4, -0.2) is 3.21 Å². The second kappa shape index (κ2) is 16.1. The van der Waals surface area contributed by atoms with Crippen LogP contribution in [0.3, 0.4) is 0 Å². The second-order valence-electron chi connectivity index (χ2n) is 21.0. The number of fused-ring (bicyclic) bond motifs is 3. The van der Waals surface area contributed by atoms with E-state index < -0.39 is 21.3 Å². The zero-order valence-corrected chi connectivity index (χ0v) is 40.4. The van der Waals surface area contributed by atoms with Crippen molar-refractivity contribution < 1.29 is 46.1 Å². The first kappa shape index (κ1) is 45.9. The van der Waals surface area contributed by atoms with Gasteiger partial charge in [0.05, 0.1) is 0 Å². The van der Waals surface area contributed by atoms with Crippen LogP contribution in [0.2, 0.25) is 0 Å². The monoisotopic (exact) mass is 830 g/mol. The third-order valence-corrected chi connectivity index (χ3v) is 20.0. The van der Waals surface area contributed by atoms with Crippen LogP contribution in [0.1, 0.15) is 180 Å². The molecule has 0 fully saturated rings. The Morgan fingerprint density at radius 1 is 0.585 bits per heavy atom. The summed E-state index contributed by atoms with van der Waals surface area (Å²) in [6, 6.07) is 22.3. The van der Waals surface area contributed by atoms with Crippen molar-refractivity contribution in [3.8, 4) is 11.1 Å². The molecule has 1 atom stereocenters. The van der Waals surface area contributed by atoms with Crippen LogP contribution in [-0.2, 0) is 42.9 Å². The average molecular weight is 833 g/mol. The van der Waals surface area contributed by atoms with E-state index in [1.165, 1.54) is 58.2 Å².